The molecule has 0 atom stereocenters. The lowest BCUT2D eigenvalue weighted by atomic mass is 10.1. The molecule has 1 aromatic carbocycles. The summed E-state index contributed by atoms with van der Waals surface area (Å²) >= 11 is 0. The first kappa shape index (κ1) is 12.4. The van der Waals surface area contributed by atoms with Crippen LogP contribution in [0.1, 0.15) is 11.4 Å². The molecule has 18 heavy (non-hydrogen) atoms. The SMILES string of the molecule is COc1cccc(-c2nc(CO)c(C)[nH]2)c1OC. The maximum Gasteiger partial charge on any atom is 0.171 e. The van der Waals surface area contributed by atoms with Crippen LogP contribution < -0.4 is 9.47 Å². The summed E-state index contributed by atoms with van der Waals surface area (Å²) in [7, 11) is 3.18. The van der Waals surface area contributed by atoms with E-state index in [1.807, 2.05) is 25.1 Å². The number of nitrogens with one attached hydrogen (secondary N) is 1. The normalized spacial score (nSPS) is 10.4. The lowest BCUT2D eigenvalue weighted by Gasteiger charge is -2.10. The Morgan fingerprint density at radius 1 is 1.28 bits per heavy atom. The number of aromatic amines is 1. The largest absolute Gasteiger partial charge is 0.493 e. The van der Waals surface area contributed by atoms with E-state index in [9.17, 15) is 0 Å². The van der Waals surface area contributed by atoms with Crippen LogP contribution in [0.4, 0.5) is 0 Å². The average molecular weight is 248 g/mol. The molecule has 96 valence electrons. The molecule has 2 N–H and O–H groups in total. The molecule has 0 spiro atoms. The first-order chi connectivity index (χ1) is 8.71. The van der Waals surface area contributed by atoms with Crippen LogP contribution >= 0.6 is 0 Å². The molecule has 2 aromatic rings. The van der Waals surface area contributed by atoms with Gasteiger partial charge in [-0.05, 0) is 19.1 Å². The van der Waals surface area contributed by atoms with Gasteiger partial charge in [-0.15, -0.1) is 0 Å². The summed E-state index contributed by atoms with van der Waals surface area (Å²) in [6.07, 6.45) is 0. The Hall–Kier alpha value is -2.01. The minimum Gasteiger partial charge on any atom is -0.493 e. The summed E-state index contributed by atoms with van der Waals surface area (Å²) in [6.45, 7) is 1.78. The Morgan fingerprint density at radius 3 is 2.61 bits per heavy atom. The van der Waals surface area contributed by atoms with E-state index in [-0.39, 0.29) is 6.61 Å². The zero-order valence-corrected chi connectivity index (χ0v) is 10.7. The third-order valence-corrected chi connectivity index (χ3v) is 2.79. The molecule has 0 aliphatic rings. The van der Waals surface area contributed by atoms with Gasteiger partial charge in [0.2, 0.25) is 0 Å². The van der Waals surface area contributed by atoms with Gasteiger partial charge in [0.1, 0.15) is 5.82 Å². The van der Waals surface area contributed by atoms with Crippen LogP contribution in [-0.2, 0) is 6.61 Å². The van der Waals surface area contributed by atoms with Gasteiger partial charge in [-0.3, -0.25) is 0 Å². The van der Waals surface area contributed by atoms with Crippen molar-refractivity contribution in [3.05, 3.63) is 29.6 Å². The quantitative estimate of drug-likeness (QED) is 0.867. The van der Waals surface area contributed by atoms with E-state index in [4.69, 9.17) is 14.6 Å². The summed E-state index contributed by atoms with van der Waals surface area (Å²) in [5.74, 6) is 1.93. The van der Waals surface area contributed by atoms with E-state index >= 15 is 0 Å². The van der Waals surface area contributed by atoms with E-state index in [0.29, 0.717) is 23.0 Å². The van der Waals surface area contributed by atoms with Gasteiger partial charge < -0.3 is 19.6 Å². The minimum absolute atomic E-state index is 0.0887. The Balaban J connectivity index is 2.55. The predicted molar refractivity (Wildman–Crippen MR) is 67.8 cm³/mol. The first-order valence-electron chi connectivity index (χ1n) is 5.59. The Kier molecular flexibility index (Phi) is 3.53. The molecule has 1 heterocycles. The van der Waals surface area contributed by atoms with Crippen molar-refractivity contribution in [3.8, 4) is 22.9 Å². The van der Waals surface area contributed by atoms with Crippen LogP contribution in [0.2, 0.25) is 0 Å². The van der Waals surface area contributed by atoms with Crippen molar-refractivity contribution in [1.82, 2.24) is 9.97 Å². The van der Waals surface area contributed by atoms with Gasteiger partial charge in [0.05, 0.1) is 32.1 Å². The number of ether oxygens (including phenoxy) is 2. The summed E-state index contributed by atoms with van der Waals surface area (Å²) in [5, 5.41) is 9.17. The van der Waals surface area contributed by atoms with Crippen molar-refractivity contribution in [2.24, 2.45) is 0 Å². The highest BCUT2D eigenvalue weighted by molar-refractivity contribution is 5.69. The lowest BCUT2D eigenvalue weighted by Crippen LogP contribution is -1.94. The number of aliphatic hydroxyl groups is 1. The fourth-order valence-electron chi connectivity index (χ4n) is 1.85. The van der Waals surface area contributed by atoms with Gasteiger partial charge in [-0.25, -0.2) is 4.98 Å². The second-order valence-electron chi connectivity index (χ2n) is 3.86. The average Bonchev–Trinajstić information content (AvgIpc) is 2.78. The molecule has 0 saturated heterocycles. The number of hydrogen-bond acceptors (Lipinski definition) is 4. The van der Waals surface area contributed by atoms with E-state index < -0.39 is 0 Å². The number of para-hydroxylation sites is 1. The number of nitrogens with zero attached hydrogens (tertiary/aromatic N) is 1. The maximum atomic E-state index is 9.17. The molecule has 1 aromatic heterocycles. The van der Waals surface area contributed by atoms with E-state index in [2.05, 4.69) is 9.97 Å². The number of aromatic nitrogens is 2. The fraction of sp³-hybridized carbons (Fsp3) is 0.308. The summed E-state index contributed by atoms with van der Waals surface area (Å²) in [4.78, 5) is 7.47. The third-order valence-electron chi connectivity index (χ3n) is 2.79. The maximum absolute atomic E-state index is 9.17. The number of hydrogen-bond donors (Lipinski definition) is 2. The summed E-state index contributed by atoms with van der Waals surface area (Å²) in [6, 6.07) is 5.58. The smallest absolute Gasteiger partial charge is 0.171 e. The number of methoxy groups -OCH3 is 2. The molecule has 0 bridgehead atoms. The number of aryl methyl sites for hydroxylation is 1. The number of rotatable bonds is 4. The van der Waals surface area contributed by atoms with Crippen LogP contribution in [0.5, 0.6) is 11.5 Å². The Morgan fingerprint density at radius 2 is 2.06 bits per heavy atom. The third kappa shape index (κ3) is 2.04. The highest BCUT2D eigenvalue weighted by Crippen LogP contribution is 2.36. The van der Waals surface area contributed by atoms with Gasteiger partial charge in [-0.2, -0.15) is 0 Å². The number of H-pyrrole nitrogens is 1. The molecule has 0 unspecified atom stereocenters. The number of imidazole rings is 1. The predicted octanol–water partition coefficient (Wildman–Crippen LogP) is 1.89. The number of benzene rings is 1. The molecule has 0 aliphatic carbocycles. The summed E-state index contributed by atoms with van der Waals surface area (Å²) < 4.78 is 10.6. The summed E-state index contributed by atoms with van der Waals surface area (Å²) in [5.41, 5.74) is 2.28. The highest BCUT2D eigenvalue weighted by atomic mass is 16.5. The lowest BCUT2D eigenvalue weighted by molar-refractivity contribution is 0.276. The minimum atomic E-state index is -0.0887. The van der Waals surface area contributed by atoms with Crippen LogP contribution in [0.25, 0.3) is 11.4 Å². The van der Waals surface area contributed by atoms with E-state index in [1.54, 1.807) is 14.2 Å². The first-order valence-corrected chi connectivity index (χ1v) is 5.59. The fourth-order valence-corrected chi connectivity index (χ4v) is 1.85. The molecule has 0 amide bonds. The molecular weight excluding hydrogens is 232 g/mol. The molecule has 0 fully saturated rings. The van der Waals surface area contributed by atoms with Crippen molar-refractivity contribution in [1.29, 1.82) is 0 Å². The van der Waals surface area contributed by atoms with Crippen LogP contribution in [0, 0.1) is 6.92 Å². The zero-order chi connectivity index (χ0) is 13.1. The molecule has 0 radical (unpaired) electrons. The van der Waals surface area contributed by atoms with Crippen molar-refractivity contribution in [2.75, 3.05) is 14.2 Å². The van der Waals surface area contributed by atoms with E-state index in [0.717, 1.165) is 11.3 Å². The van der Waals surface area contributed by atoms with E-state index in [1.165, 1.54) is 0 Å². The van der Waals surface area contributed by atoms with Crippen molar-refractivity contribution < 1.29 is 14.6 Å². The van der Waals surface area contributed by atoms with Gasteiger partial charge in [0, 0.05) is 5.69 Å². The molecule has 2 rings (SSSR count). The topological polar surface area (TPSA) is 67.4 Å². The second-order valence-corrected chi connectivity index (χ2v) is 3.86. The Labute approximate surface area is 105 Å². The van der Waals surface area contributed by atoms with Gasteiger partial charge in [0.15, 0.2) is 11.5 Å². The zero-order valence-electron chi connectivity index (χ0n) is 10.7. The van der Waals surface area contributed by atoms with Crippen LogP contribution in [-0.4, -0.2) is 29.3 Å². The molecule has 5 heteroatoms. The second kappa shape index (κ2) is 5.10. The standard InChI is InChI=1S/C13H16N2O3/c1-8-10(7-16)15-13(14-8)9-5-4-6-11(17-2)12(9)18-3/h4-6,16H,7H2,1-3H3,(H,14,15). The van der Waals surface area contributed by atoms with Crippen molar-refractivity contribution in [3.63, 3.8) is 0 Å². The van der Waals surface area contributed by atoms with Gasteiger partial charge in [0.25, 0.3) is 0 Å². The van der Waals surface area contributed by atoms with Crippen LogP contribution in [0.15, 0.2) is 18.2 Å². The monoisotopic (exact) mass is 248 g/mol. The molecular formula is C13H16N2O3. The molecule has 0 aliphatic heterocycles. The van der Waals surface area contributed by atoms with Gasteiger partial charge in [-0.1, -0.05) is 6.07 Å². The van der Waals surface area contributed by atoms with Crippen LogP contribution in [0.3, 0.4) is 0 Å². The number of aliphatic hydroxyl groups excluding tert-OH is 1. The van der Waals surface area contributed by atoms with Crippen molar-refractivity contribution in [2.45, 2.75) is 13.5 Å². The molecule has 5 nitrogen and oxygen atoms in total. The molecule has 0 saturated carbocycles. The Bertz CT molecular complexity index is 549. The van der Waals surface area contributed by atoms with Crippen molar-refractivity contribution >= 4 is 0 Å². The van der Waals surface area contributed by atoms with Gasteiger partial charge >= 0.3 is 0 Å². The highest BCUT2D eigenvalue weighted by Gasteiger charge is 2.15.